The molecule has 0 amide bonds. The zero-order valence-corrected chi connectivity index (χ0v) is 17.6. The second kappa shape index (κ2) is 8.48. The van der Waals surface area contributed by atoms with E-state index in [0.717, 1.165) is 12.0 Å². The summed E-state index contributed by atoms with van der Waals surface area (Å²) in [5.41, 5.74) is 3.58. The third-order valence-corrected chi connectivity index (χ3v) is 5.17. The van der Waals surface area contributed by atoms with Crippen LogP contribution in [0.2, 0.25) is 0 Å². The number of benzene rings is 3. The molecule has 0 unspecified atom stereocenters. The van der Waals surface area contributed by atoms with Gasteiger partial charge < -0.3 is 14.2 Å². The Balaban J connectivity index is 1.59. The van der Waals surface area contributed by atoms with E-state index in [1.807, 2.05) is 24.3 Å². The number of ether oxygens (including phenoxy) is 3. The van der Waals surface area contributed by atoms with Gasteiger partial charge in [-0.2, -0.15) is 0 Å². The van der Waals surface area contributed by atoms with E-state index in [-0.39, 0.29) is 11.5 Å². The lowest BCUT2D eigenvalue weighted by molar-refractivity contribution is 0.0731. The minimum absolute atomic E-state index is 0.185. The van der Waals surface area contributed by atoms with Crippen LogP contribution in [0.4, 0.5) is 0 Å². The second-order valence-corrected chi connectivity index (χ2v) is 7.24. The van der Waals surface area contributed by atoms with E-state index >= 15 is 0 Å². The van der Waals surface area contributed by atoms with Gasteiger partial charge in [-0.1, -0.05) is 43.3 Å². The molecular weight excluding hydrogens is 392 g/mol. The van der Waals surface area contributed by atoms with Crippen molar-refractivity contribution in [3.8, 4) is 17.2 Å². The highest BCUT2D eigenvalue weighted by Gasteiger charge is 2.30. The Morgan fingerprint density at radius 2 is 1.81 bits per heavy atom. The van der Waals surface area contributed by atoms with Crippen LogP contribution in [0.25, 0.3) is 6.08 Å². The third-order valence-electron chi connectivity index (χ3n) is 5.17. The molecule has 0 saturated carbocycles. The summed E-state index contributed by atoms with van der Waals surface area (Å²) in [4.78, 5) is 25.5. The minimum Gasteiger partial charge on any atom is -0.496 e. The Kier molecular flexibility index (Phi) is 5.58. The van der Waals surface area contributed by atoms with Crippen molar-refractivity contribution in [1.82, 2.24) is 0 Å². The number of esters is 1. The predicted octanol–water partition coefficient (Wildman–Crippen LogP) is 5.40. The van der Waals surface area contributed by atoms with Crippen LogP contribution in [0.1, 0.15) is 44.3 Å². The Hall–Kier alpha value is -3.86. The van der Waals surface area contributed by atoms with E-state index in [0.29, 0.717) is 33.9 Å². The third kappa shape index (κ3) is 4.08. The van der Waals surface area contributed by atoms with Crippen molar-refractivity contribution >= 4 is 17.8 Å². The van der Waals surface area contributed by atoms with E-state index in [1.165, 1.54) is 12.7 Å². The highest BCUT2D eigenvalue weighted by atomic mass is 16.5. The molecule has 4 rings (SSSR count). The van der Waals surface area contributed by atoms with E-state index in [1.54, 1.807) is 49.4 Å². The van der Waals surface area contributed by atoms with Gasteiger partial charge in [-0.15, -0.1) is 0 Å². The van der Waals surface area contributed by atoms with Crippen molar-refractivity contribution in [3.63, 3.8) is 0 Å². The topological polar surface area (TPSA) is 61.8 Å². The van der Waals surface area contributed by atoms with E-state index in [2.05, 4.69) is 6.92 Å². The number of hydrogen-bond donors (Lipinski definition) is 0. The van der Waals surface area contributed by atoms with Gasteiger partial charge in [-0.05, 0) is 54.3 Å². The van der Waals surface area contributed by atoms with Crippen LogP contribution in [0.5, 0.6) is 17.2 Å². The fourth-order valence-corrected chi connectivity index (χ4v) is 3.51. The monoisotopic (exact) mass is 414 g/mol. The Labute approximate surface area is 180 Å². The van der Waals surface area contributed by atoms with Crippen LogP contribution in [0, 0.1) is 6.92 Å². The molecule has 0 radical (unpaired) electrons. The minimum atomic E-state index is -0.548. The molecule has 1 heterocycles. The highest BCUT2D eigenvalue weighted by Crippen LogP contribution is 2.38. The first kappa shape index (κ1) is 20.4. The van der Waals surface area contributed by atoms with Crippen LogP contribution < -0.4 is 14.2 Å². The number of para-hydroxylation sites is 1. The molecule has 31 heavy (non-hydrogen) atoms. The summed E-state index contributed by atoms with van der Waals surface area (Å²) in [6, 6.07) is 18.0. The first-order valence-corrected chi connectivity index (χ1v) is 10.0. The zero-order chi connectivity index (χ0) is 22.0. The lowest BCUT2D eigenvalue weighted by Gasteiger charge is -2.10. The molecule has 1 aliphatic rings. The Bertz CT molecular complexity index is 1190. The van der Waals surface area contributed by atoms with Crippen LogP contribution in [-0.2, 0) is 6.42 Å². The van der Waals surface area contributed by atoms with Gasteiger partial charge in [0.05, 0.1) is 12.7 Å². The van der Waals surface area contributed by atoms with E-state index in [9.17, 15) is 9.59 Å². The number of carbonyl (C=O) groups excluding carboxylic acids is 2. The molecule has 0 spiro atoms. The average Bonchev–Trinajstić information content (AvgIpc) is 3.09. The summed E-state index contributed by atoms with van der Waals surface area (Å²) in [5.74, 6) is 0.618. The van der Waals surface area contributed by atoms with Crippen LogP contribution in [0.15, 0.2) is 66.4 Å². The zero-order valence-electron chi connectivity index (χ0n) is 17.6. The fourth-order valence-electron chi connectivity index (χ4n) is 3.51. The fraction of sp³-hybridized carbons (Fsp3) is 0.154. The van der Waals surface area contributed by atoms with E-state index in [4.69, 9.17) is 14.2 Å². The van der Waals surface area contributed by atoms with Gasteiger partial charge in [0.2, 0.25) is 5.78 Å². The first-order valence-electron chi connectivity index (χ1n) is 10.0. The van der Waals surface area contributed by atoms with Gasteiger partial charge in [0.25, 0.3) is 0 Å². The molecule has 3 aromatic rings. The SMILES string of the molecule is CCc1ccc(/C=C2\Oc3cc(OC(=O)c4ccccc4OC)cc(C)c3C2=O)cc1. The number of ketones is 1. The summed E-state index contributed by atoms with van der Waals surface area (Å²) >= 11 is 0. The molecule has 0 bridgehead atoms. The molecule has 0 atom stereocenters. The lowest BCUT2D eigenvalue weighted by Crippen LogP contribution is -2.10. The van der Waals surface area contributed by atoms with Gasteiger partial charge in [0, 0.05) is 6.07 Å². The van der Waals surface area contributed by atoms with Crippen LogP contribution >= 0.6 is 0 Å². The number of aryl methyl sites for hydroxylation is 2. The number of carbonyl (C=O) groups is 2. The van der Waals surface area contributed by atoms with Crippen molar-refractivity contribution in [1.29, 1.82) is 0 Å². The molecular formula is C26H22O5. The lowest BCUT2D eigenvalue weighted by atomic mass is 10.0. The average molecular weight is 414 g/mol. The van der Waals surface area contributed by atoms with Gasteiger partial charge in [-0.3, -0.25) is 4.79 Å². The van der Waals surface area contributed by atoms with Crippen LogP contribution in [0.3, 0.4) is 0 Å². The smallest absolute Gasteiger partial charge is 0.347 e. The molecule has 0 aliphatic carbocycles. The first-order chi connectivity index (χ1) is 15.0. The van der Waals surface area contributed by atoms with E-state index < -0.39 is 5.97 Å². The summed E-state index contributed by atoms with van der Waals surface area (Å²) in [6.07, 6.45) is 2.68. The normalized spacial score (nSPS) is 13.6. The molecule has 0 fully saturated rings. The van der Waals surface area contributed by atoms with Crippen molar-refractivity contribution < 1.29 is 23.8 Å². The molecule has 5 nitrogen and oxygen atoms in total. The maximum Gasteiger partial charge on any atom is 0.347 e. The van der Waals surface area contributed by atoms with Gasteiger partial charge in [0.15, 0.2) is 5.76 Å². The molecule has 0 aromatic heterocycles. The highest BCUT2D eigenvalue weighted by molar-refractivity contribution is 6.15. The molecule has 5 heteroatoms. The van der Waals surface area contributed by atoms with Crippen LogP contribution in [-0.4, -0.2) is 18.9 Å². The number of rotatable bonds is 5. The molecule has 156 valence electrons. The summed E-state index contributed by atoms with van der Waals surface area (Å²) < 4.78 is 16.6. The Morgan fingerprint density at radius 3 is 2.52 bits per heavy atom. The number of allylic oxidation sites excluding steroid dienone is 1. The molecule has 3 aromatic carbocycles. The number of Topliss-reactive ketones (excluding diaryl/α,β-unsaturated/α-hetero) is 1. The summed E-state index contributed by atoms with van der Waals surface area (Å²) in [6.45, 7) is 3.88. The maximum absolute atomic E-state index is 12.9. The number of hydrogen-bond acceptors (Lipinski definition) is 5. The second-order valence-electron chi connectivity index (χ2n) is 7.24. The van der Waals surface area contributed by atoms with Crippen molar-refractivity contribution in [2.75, 3.05) is 7.11 Å². The van der Waals surface area contributed by atoms with Gasteiger partial charge in [0.1, 0.15) is 22.8 Å². The standard InChI is InChI=1S/C26H22O5/c1-4-17-9-11-18(12-10-17)14-23-25(27)24-16(2)13-19(15-22(24)31-23)30-26(28)20-7-5-6-8-21(20)29-3/h5-15H,4H2,1-3H3/b23-14-. The number of fused-ring (bicyclic) bond motifs is 1. The summed E-state index contributed by atoms with van der Waals surface area (Å²) in [5, 5.41) is 0. The predicted molar refractivity (Wildman–Crippen MR) is 118 cm³/mol. The maximum atomic E-state index is 12.9. The van der Waals surface area contributed by atoms with Crippen molar-refractivity contribution in [2.45, 2.75) is 20.3 Å². The van der Waals surface area contributed by atoms with Crippen molar-refractivity contribution in [3.05, 3.63) is 94.2 Å². The quantitative estimate of drug-likeness (QED) is 0.318. The van der Waals surface area contributed by atoms with Crippen molar-refractivity contribution in [2.24, 2.45) is 0 Å². The largest absolute Gasteiger partial charge is 0.496 e. The number of methoxy groups -OCH3 is 1. The Morgan fingerprint density at radius 1 is 1.06 bits per heavy atom. The van der Waals surface area contributed by atoms with Gasteiger partial charge in [-0.25, -0.2) is 4.79 Å². The molecule has 0 saturated heterocycles. The molecule has 0 N–H and O–H groups in total. The molecule has 1 aliphatic heterocycles. The van der Waals surface area contributed by atoms with Gasteiger partial charge >= 0.3 is 5.97 Å². The summed E-state index contributed by atoms with van der Waals surface area (Å²) in [7, 11) is 1.49.